The lowest BCUT2D eigenvalue weighted by molar-refractivity contribution is -0.171. The zero-order chi connectivity index (χ0) is 21.0. The highest BCUT2D eigenvalue weighted by Crippen LogP contribution is 2.36. The number of amides is 2. The number of carbonyl (C=O) groups is 2. The van der Waals surface area contributed by atoms with Crippen molar-refractivity contribution in [3.63, 3.8) is 0 Å². The fourth-order valence-corrected chi connectivity index (χ4v) is 4.31. The van der Waals surface area contributed by atoms with Gasteiger partial charge in [0.05, 0.1) is 5.69 Å². The Hall–Kier alpha value is -2.42. The van der Waals surface area contributed by atoms with Crippen molar-refractivity contribution in [1.29, 1.82) is 0 Å². The van der Waals surface area contributed by atoms with Crippen LogP contribution in [0.3, 0.4) is 0 Å². The molecule has 1 saturated carbocycles. The van der Waals surface area contributed by atoms with Gasteiger partial charge < -0.3 is 5.32 Å². The van der Waals surface area contributed by atoms with Gasteiger partial charge in [-0.25, -0.2) is 4.39 Å². The topological polar surface area (TPSA) is 49.4 Å². The first-order valence-electron chi connectivity index (χ1n) is 9.27. The fraction of sp³-hybridized carbons (Fsp3) is 0.400. The number of anilines is 1. The molecule has 1 aromatic heterocycles. The first kappa shape index (κ1) is 21.3. The average molecular weight is 428 g/mol. The average Bonchev–Trinajstić information content (AvgIpc) is 3.20. The standard InChI is InChI=1S/C20H20F4N2O2S/c21-14-9-4-5-10-15(14)26(19(28)20(22,23)24)17(16-11-6-12-29-16)18(27)25-13-7-2-1-3-8-13/h4-6,9-13,17H,1-3,7-8H2,(H,25,27). The van der Waals surface area contributed by atoms with Gasteiger partial charge in [0.25, 0.3) is 0 Å². The molecule has 0 radical (unpaired) electrons. The van der Waals surface area contributed by atoms with Gasteiger partial charge in [0.2, 0.25) is 5.91 Å². The van der Waals surface area contributed by atoms with Crippen molar-refractivity contribution in [2.24, 2.45) is 0 Å². The van der Waals surface area contributed by atoms with Crippen LogP contribution >= 0.6 is 11.3 Å². The highest BCUT2D eigenvalue weighted by atomic mass is 32.1. The first-order valence-corrected chi connectivity index (χ1v) is 10.2. The molecule has 0 saturated heterocycles. The molecule has 2 amide bonds. The minimum Gasteiger partial charge on any atom is -0.351 e. The summed E-state index contributed by atoms with van der Waals surface area (Å²) in [7, 11) is 0. The molecule has 1 aromatic carbocycles. The number of hydrogen-bond acceptors (Lipinski definition) is 3. The number of nitrogens with one attached hydrogen (secondary N) is 1. The number of rotatable bonds is 5. The van der Waals surface area contributed by atoms with Gasteiger partial charge in [-0.15, -0.1) is 11.3 Å². The van der Waals surface area contributed by atoms with Crippen molar-refractivity contribution < 1.29 is 27.2 Å². The second kappa shape index (κ2) is 8.94. The molecule has 29 heavy (non-hydrogen) atoms. The summed E-state index contributed by atoms with van der Waals surface area (Å²) in [6.07, 6.45) is -0.983. The quantitative estimate of drug-likeness (QED) is 0.684. The van der Waals surface area contributed by atoms with E-state index in [2.05, 4.69) is 5.32 Å². The van der Waals surface area contributed by atoms with E-state index in [9.17, 15) is 27.2 Å². The molecule has 1 aliphatic carbocycles. The van der Waals surface area contributed by atoms with Gasteiger partial charge in [0, 0.05) is 10.9 Å². The van der Waals surface area contributed by atoms with Crippen LogP contribution in [0.2, 0.25) is 0 Å². The summed E-state index contributed by atoms with van der Waals surface area (Å²) >= 11 is 1.03. The zero-order valence-electron chi connectivity index (χ0n) is 15.4. The Morgan fingerprint density at radius 2 is 1.76 bits per heavy atom. The summed E-state index contributed by atoms with van der Waals surface area (Å²) in [4.78, 5) is 25.8. The van der Waals surface area contributed by atoms with E-state index in [1.807, 2.05) is 0 Å². The molecule has 1 fully saturated rings. The third-order valence-corrected chi connectivity index (χ3v) is 5.77. The second-order valence-electron chi connectivity index (χ2n) is 6.89. The van der Waals surface area contributed by atoms with Crippen LogP contribution in [0, 0.1) is 5.82 Å². The Morgan fingerprint density at radius 1 is 1.07 bits per heavy atom. The molecule has 1 unspecified atom stereocenters. The van der Waals surface area contributed by atoms with Gasteiger partial charge in [-0.05, 0) is 36.4 Å². The molecule has 1 N–H and O–H groups in total. The lowest BCUT2D eigenvalue weighted by Crippen LogP contribution is -2.50. The zero-order valence-corrected chi connectivity index (χ0v) is 16.2. The maximum absolute atomic E-state index is 14.4. The molecule has 9 heteroatoms. The molecule has 1 aliphatic rings. The third-order valence-electron chi connectivity index (χ3n) is 4.84. The number of halogens is 4. The van der Waals surface area contributed by atoms with Crippen LogP contribution < -0.4 is 10.2 Å². The van der Waals surface area contributed by atoms with Crippen LogP contribution in [0.15, 0.2) is 41.8 Å². The predicted molar refractivity (Wildman–Crippen MR) is 102 cm³/mol. The number of alkyl halides is 3. The summed E-state index contributed by atoms with van der Waals surface area (Å²) in [5, 5.41) is 4.36. The van der Waals surface area contributed by atoms with Crippen molar-refractivity contribution in [2.75, 3.05) is 4.90 Å². The minimum atomic E-state index is -5.27. The normalized spacial score (nSPS) is 16.3. The maximum Gasteiger partial charge on any atom is 0.471 e. The van der Waals surface area contributed by atoms with Gasteiger partial charge in [-0.1, -0.05) is 37.5 Å². The smallest absolute Gasteiger partial charge is 0.351 e. The molecule has 0 bridgehead atoms. The van der Waals surface area contributed by atoms with E-state index < -0.39 is 35.5 Å². The van der Waals surface area contributed by atoms with Crippen molar-refractivity contribution in [3.8, 4) is 0 Å². The van der Waals surface area contributed by atoms with Crippen LogP contribution in [-0.4, -0.2) is 24.0 Å². The number of para-hydroxylation sites is 1. The van der Waals surface area contributed by atoms with E-state index in [1.54, 1.807) is 11.4 Å². The van der Waals surface area contributed by atoms with Crippen molar-refractivity contribution in [1.82, 2.24) is 5.32 Å². The van der Waals surface area contributed by atoms with Gasteiger partial charge in [-0.3, -0.25) is 14.5 Å². The summed E-state index contributed by atoms with van der Waals surface area (Å²) in [6, 6.07) is 5.87. The van der Waals surface area contributed by atoms with Crippen molar-refractivity contribution in [3.05, 3.63) is 52.5 Å². The number of benzene rings is 1. The SMILES string of the molecule is O=C(NC1CCCCC1)C(c1cccs1)N(C(=O)C(F)(F)F)c1ccccc1F. The first-order chi connectivity index (χ1) is 13.8. The van der Waals surface area contributed by atoms with Crippen molar-refractivity contribution in [2.45, 2.75) is 50.4 Å². The third kappa shape index (κ3) is 4.95. The van der Waals surface area contributed by atoms with Crippen LogP contribution in [0.5, 0.6) is 0 Å². The molecule has 156 valence electrons. The maximum atomic E-state index is 14.4. The summed E-state index contributed by atoms with van der Waals surface area (Å²) in [5.74, 6) is -4.06. The monoisotopic (exact) mass is 428 g/mol. The van der Waals surface area contributed by atoms with Gasteiger partial charge in [0.1, 0.15) is 5.82 Å². The van der Waals surface area contributed by atoms with E-state index in [-0.39, 0.29) is 15.8 Å². The van der Waals surface area contributed by atoms with E-state index >= 15 is 0 Å². The second-order valence-corrected chi connectivity index (χ2v) is 7.87. The Labute approximate surface area is 169 Å². The van der Waals surface area contributed by atoms with Gasteiger partial charge >= 0.3 is 12.1 Å². The van der Waals surface area contributed by atoms with Crippen molar-refractivity contribution >= 4 is 28.8 Å². The Kier molecular flexibility index (Phi) is 6.56. The Morgan fingerprint density at radius 3 is 2.34 bits per heavy atom. The lowest BCUT2D eigenvalue weighted by atomic mass is 9.95. The number of nitrogens with zero attached hydrogens (tertiary/aromatic N) is 1. The molecule has 1 atom stereocenters. The van der Waals surface area contributed by atoms with Crippen LogP contribution in [-0.2, 0) is 9.59 Å². The van der Waals surface area contributed by atoms with E-state index in [4.69, 9.17) is 0 Å². The van der Waals surface area contributed by atoms with E-state index in [1.165, 1.54) is 18.2 Å². The van der Waals surface area contributed by atoms with E-state index in [0.29, 0.717) is 0 Å². The molecule has 3 rings (SSSR count). The highest BCUT2D eigenvalue weighted by Gasteiger charge is 2.48. The Bertz CT molecular complexity index is 848. The number of carbonyl (C=O) groups excluding carboxylic acids is 2. The molecular weight excluding hydrogens is 408 g/mol. The fourth-order valence-electron chi connectivity index (χ4n) is 3.50. The van der Waals surface area contributed by atoms with Crippen LogP contribution in [0.25, 0.3) is 0 Å². The van der Waals surface area contributed by atoms with E-state index in [0.717, 1.165) is 55.6 Å². The minimum absolute atomic E-state index is 0.179. The summed E-state index contributed by atoms with van der Waals surface area (Å²) in [5.41, 5.74) is -0.591. The molecular formula is C20H20F4N2O2S. The molecule has 0 aliphatic heterocycles. The molecule has 0 spiro atoms. The Balaban J connectivity index is 2.04. The molecule has 2 aromatic rings. The lowest BCUT2D eigenvalue weighted by Gasteiger charge is -2.33. The molecule has 1 heterocycles. The number of thiophene rings is 1. The van der Waals surface area contributed by atoms with Crippen LogP contribution in [0.4, 0.5) is 23.2 Å². The van der Waals surface area contributed by atoms with Gasteiger partial charge in [0.15, 0.2) is 6.04 Å². The number of hydrogen-bond donors (Lipinski definition) is 1. The summed E-state index contributed by atoms with van der Waals surface area (Å²) in [6.45, 7) is 0. The summed E-state index contributed by atoms with van der Waals surface area (Å²) < 4.78 is 54.6. The predicted octanol–water partition coefficient (Wildman–Crippen LogP) is 4.97. The molecule has 4 nitrogen and oxygen atoms in total. The largest absolute Gasteiger partial charge is 0.471 e. The van der Waals surface area contributed by atoms with Crippen LogP contribution in [0.1, 0.15) is 43.0 Å². The van der Waals surface area contributed by atoms with Gasteiger partial charge in [-0.2, -0.15) is 13.2 Å². The highest BCUT2D eigenvalue weighted by molar-refractivity contribution is 7.10.